The molecule has 0 saturated carbocycles. The van der Waals surface area contributed by atoms with Gasteiger partial charge >= 0.3 is 0 Å². The van der Waals surface area contributed by atoms with Gasteiger partial charge in [-0.2, -0.15) is 15.0 Å². The summed E-state index contributed by atoms with van der Waals surface area (Å²) in [4.78, 5) is 14.6. The van der Waals surface area contributed by atoms with E-state index >= 15 is 0 Å². The van der Waals surface area contributed by atoms with Crippen LogP contribution in [0.1, 0.15) is 151 Å². The first-order valence-corrected chi connectivity index (χ1v) is 18.1. The van der Waals surface area contributed by atoms with Crippen molar-refractivity contribution in [2.75, 3.05) is 10.6 Å². The normalized spacial score (nSPS) is 13.5. The van der Waals surface area contributed by atoms with Crippen molar-refractivity contribution in [1.82, 2.24) is 15.0 Å². The zero-order valence-electron chi connectivity index (χ0n) is 31.6. The first-order chi connectivity index (χ1) is 21.5. The van der Waals surface area contributed by atoms with Gasteiger partial charge in [0.05, 0.1) is 0 Å². The lowest BCUT2D eigenvalue weighted by molar-refractivity contribution is 0.422. The highest BCUT2D eigenvalue weighted by molar-refractivity contribution is 7.99. The van der Waals surface area contributed by atoms with Gasteiger partial charge in [-0.15, -0.1) is 0 Å². The summed E-state index contributed by atoms with van der Waals surface area (Å²) >= 11 is 1.66. The number of anilines is 4. The fourth-order valence-electron chi connectivity index (χ4n) is 5.58. The molecule has 47 heavy (non-hydrogen) atoms. The summed E-state index contributed by atoms with van der Waals surface area (Å²) in [6.45, 7) is 29.7. The molecule has 0 amide bonds. The first kappa shape index (κ1) is 38.4. The van der Waals surface area contributed by atoms with Gasteiger partial charge < -0.3 is 20.8 Å². The van der Waals surface area contributed by atoms with Crippen LogP contribution in [0.5, 0.6) is 11.5 Å². The molecule has 2 aromatic carbocycles. The van der Waals surface area contributed by atoms with Crippen molar-refractivity contribution in [2.45, 2.75) is 161 Å². The third kappa shape index (κ3) is 10.5. The van der Waals surface area contributed by atoms with Gasteiger partial charge in [0, 0.05) is 38.9 Å². The minimum absolute atomic E-state index is 0.268. The molecule has 0 aliphatic rings. The molecule has 0 bridgehead atoms. The Morgan fingerprint density at radius 2 is 0.957 bits per heavy atom. The maximum absolute atomic E-state index is 11.3. The minimum Gasteiger partial charge on any atom is -0.507 e. The van der Waals surface area contributed by atoms with Crippen LogP contribution in [0.25, 0.3) is 0 Å². The smallest absolute Gasteiger partial charge is 0.233 e. The van der Waals surface area contributed by atoms with Crippen molar-refractivity contribution in [3.05, 3.63) is 46.5 Å². The molecule has 0 aliphatic heterocycles. The van der Waals surface area contributed by atoms with E-state index in [1.165, 1.54) is 25.7 Å². The number of aromatic hydroxyl groups is 2. The topological polar surface area (TPSA) is 103 Å². The van der Waals surface area contributed by atoms with Gasteiger partial charge in [0.1, 0.15) is 11.5 Å². The van der Waals surface area contributed by atoms with E-state index in [0.29, 0.717) is 33.8 Å². The number of benzene rings is 2. The molecule has 8 heteroatoms. The molecular formula is C39H61N5O2S. The number of hydrogen-bond acceptors (Lipinski definition) is 8. The molecule has 7 nitrogen and oxygen atoms in total. The van der Waals surface area contributed by atoms with Crippen LogP contribution in [-0.4, -0.2) is 30.4 Å². The van der Waals surface area contributed by atoms with Crippen LogP contribution in [0.4, 0.5) is 23.3 Å². The summed E-state index contributed by atoms with van der Waals surface area (Å²) < 4.78 is 0. The summed E-state index contributed by atoms with van der Waals surface area (Å²) in [5, 5.41) is 30.5. The van der Waals surface area contributed by atoms with Crippen LogP contribution in [-0.2, 0) is 21.7 Å². The Balaban J connectivity index is 2.13. The van der Waals surface area contributed by atoms with Crippen LogP contribution < -0.4 is 10.6 Å². The van der Waals surface area contributed by atoms with Gasteiger partial charge in [-0.3, -0.25) is 0 Å². The molecule has 3 aromatic rings. The zero-order valence-corrected chi connectivity index (χ0v) is 32.4. The van der Waals surface area contributed by atoms with E-state index in [2.05, 4.69) is 108 Å². The third-order valence-electron chi connectivity index (χ3n) is 8.35. The average Bonchev–Trinajstić information content (AvgIpc) is 2.90. The molecule has 1 unspecified atom stereocenters. The van der Waals surface area contributed by atoms with Crippen LogP contribution in [0.15, 0.2) is 29.4 Å². The van der Waals surface area contributed by atoms with E-state index < -0.39 is 0 Å². The highest BCUT2D eigenvalue weighted by Gasteiger charge is 2.28. The SMILES string of the molecule is CCCCCCC(C)Sc1nc(Nc2cc(C(C)(C)C)c(O)c(C(C)(C)C)c2)nc(Nc2cc(C(C)(C)C)c(O)c(C(C)(C)C)c2)n1. The Bertz CT molecular complexity index is 1350. The minimum atomic E-state index is -0.268. The van der Waals surface area contributed by atoms with Gasteiger partial charge in [-0.1, -0.05) is 134 Å². The van der Waals surface area contributed by atoms with Gasteiger partial charge in [0.2, 0.25) is 11.9 Å². The molecule has 1 heterocycles. The lowest BCUT2D eigenvalue weighted by Crippen LogP contribution is -2.18. The highest BCUT2D eigenvalue weighted by Crippen LogP contribution is 2.43. The van der Waals surface area contributed by atoms with Crippen molar-refractivity contribution < 1.29 is 10.2 Å². The second kappa shape index (κ2) is 14.6. The third-order valence-corrected chi connectivity index (χ3v) is 9.38. The number of unbranched alkanes of at least 4 members (excludes halogenated alkanes) is 3. The van der Waals surface area contributed by atoms with E-state index in [-0.39, 0.29) is 21.7 Å². The van der Waals surface area contributed by atoms with Gasteiger partial charge in [-0.25, -0.2) is 0 Å². The van der Waals surface area contributed by atoms with Crippen molar-refractivity contribution in [3.63, 3.8) is 0 Å². The van der Waals surface area contributed by atoms with Crippen molar-refractivity contribution in [3.8, 4) is 11.5 Å². The quantitative estimate of drug-likeness (QED) is 0.0913. The van der Waals surface area contributed by atoms with Crippen molar-refractivity contribution in [2.24, 2.45) is 0 Å². The molecule has 260 valence electrons. The second-order valence-corrected chi connectivity index (χ2v) is 18.5. The van der Waals surface area contributed by atoms with E-state index in [1.807, 2.05) is 24.3 Å². The fourth-order valence-corrected chi connectivity index (χ4v) is 6.50. The van der Waals surface area contributed by atoms with E-state index in [0.717, 1.165) is 40.0 Å². The molecule has 0 radical (unpaired) electrons. The van der Waals surface area contributed by atoms with Gasteiger partial charge in [0.25, 0.3) is 0 Å². The Kier molecular flexibility index (Phi) is 12.0. The Hall–Kier alpha value is -3.00. The number of phenols is 2. The number of hydrogen-bond donors (Lipinski definition) is 4. The first-order valence-electron chi connectivity index (χ1n) is 17.2. The fraction of sp³-hybridized carbons (Fsp3) is 0.615. The van der Waals surface area contributed by atoms with Crippen LogP contribution in [0.3, 0.4) is 0 Å². The molecule has 0 spiro atoms. The number of phenolic OH excluding ortho intramolecular Hbond substituents is 2. The second-order valence-electron chi connectivity index (χ2n) is 17.1. The largest absolute Gasteiger partial charge is 0.507 e. The molecule has 0 fully saturated rings. The van der Waals surface area contributed by atoms with E-state index in [4.69, 9.17) is 15.0 Å². The number of thioether (sulfide) groups is 1. The number of nitrogens with one attached hydrogen (secondary N) is 2. The Morgan fingerprint density at radius 3 is 1.28 bits per heavy atom. The summed E-state index contributed by atoms with van der Waals surface area (Å²) in [7, 11) is 0. The maximum Gasteiger partial charge on any atom is 0.233 e. The predicted molar refractivity (Wildman–Crippen MR) is 201 cm³/mol. The van der Waals surface area contributed by atoms with Crippen molar-refractivity contribution >= 4 is 35.0 Å². The molecule has 1 aromatic heterocycles. The summed E-state index contributed by atoms with van der Waals surface area (Å²) in [5.74, 6) is 1.52. The summed E-state index contributed by atoms with van der Waals surface area (Å²) in [6, 6.07) is 7.98. The molecule has 0 aliphatic carbocycles. The zero-order chi connectivity index (χ0) is 35.5. The van der Waals surface area contributed by atoms with Gasteiger partial charge in [0.15, 0.2) is 5.16 Å². The Labute approximate surface area is 289 Å². The van der Waals surface area contributed by atoms with Gasteiger partial charge in [-0.05, 0) is 52.3 Å². The molecule has 1 atom stereocenters. The van der Waals surface area contributed by atoms with Crippen LogP contribution >= 0.6 is 11.8 Å². The molecule has 4 N–H and O–H groups in total. The Morgan fingerprint density at radius 1 is 0.596 bits per heavy atom. The van der Waals surface area contributed by atoms with Crippen LogP contribution in [0, 0.1) is 0 Å². The number of rotatable bonds is 11. The lowest BCUT2D eigenvalue weighted by atomic mass is 9.79. The number of aromatic nitrogens is 3. The molecule has 3 rings (SSSR count). The standard InChI is InChI=1S/C39H61N5O2S/c1-15-16-17-18-19-24(2)47-35-43-33(40-25-20-27(36(3,4)5)31(45)28(21-25)37(6,7)8)42-34(44-35)41-26-22-29(38(9,10)11)32(46)30(23-26)39(12,13)14/h20-24,45-46H,15-19H2,1-14H3,(H2,40,41,42,43,44). The lowest BCUT2D eigenvalue weighted by Gasteiger charge is -2.28. The number of nitrogens with zero attached hydrogens (tertiary/aromatic N) is 3. The average molecular weight is 664 g/mol. The van der Waals surface area contributed by atoms with E-state index in [1.54, 1.807) is 11.8 Å². The summed E-state index contributed by atoms with van der Waals surface area (Å²) in [6.07, 6.45) is 5.98. The van der Waals surface area contributed by atoms with Crippen LogP contribution in [0.2, 0.25) is 0 Å². The molecular weight excluding hydrogens is 603 g/mol. The molecule has 0 saturated heterocycles. The summed E-state index contributed by atoms with van der Waals surface area (Å²) in [5.41, 5.74) is 4.01. The monoisotopic (exact) mass is 663 g/mol. The maximum atomic E-state index is 11.3. The van der Waals surface area contributed by atoms with E-state index in [9.17, 15) is 10.2 Å². The van der Waals surface area contributed by atoms with Crippen molar-refractivity contribution in [1.29, 1.82) is 0 Å². The predicted octanol–water partition coefficient (Wildman–Crippen LogP) is 11.4. The highest BCUT2D eigenvalue weighted by atomic mass is 32.2.